The van der Waals surface area contributed by atoms with Gasteiger partial charge in [-0.3, -0.25) is 0 Å². The summed E-state index contributed by atoms with van der Waals surface area (Å²) in [6.07, 6.45) is 8.86. The zero-order valence-corrected chi connectivity index (χ0v) is 8.40. The first-order valence-electron chi connectivity index (χ1n) is 5.41. The lowest BCUT2D eigenvalue weighted by atomic mass is 9.83. The lowest BCUT2D eigenvalue weighted by Crippen LogP contribution is -2.23. The summed E-state index contributed by atoms with van der Waals surface area (Å²) in [6.45, 7) is 2.42. The summed E-state index contributed by atoms with van der Waals surface area (Å²) in [4.78, 5) is 0. The summed E-state index contributed by atoms with van der Waals surface area (Å²) in [7, 11) is 2.11. The molecule has 0 radical (unpaired) electrons. The highest BCUT2D eigenvalue weighted by atomic mass is 14.9. The third kappa shape index (κ3) is 1.39. The average Bonchev–Trinajstić information content (AvgIpc) is 2.61. The quantitative estimate of drug-likeness (QED) is 0.633. The predicted molar refractivity (Wildman–Crippen MR) is 52.1 cm³/mol. The van der Waals surface area contributed by atoms with Gasteiger partial charge in [-0.1, -0.05) is 13.3 Å². The van der Waals surface area contributed by atoms with Gasteiger partial charge < -0.3 is 5.32 Å². The van der Waals surface area contributed by atoms with Crippen LogP contribution in [-0.2, 0) is 0 Å². The van der Waals surface area contributed by atoms with E-state index in [0.717, 1.165) is 17.4 Å². The van der Waals surface area contributed by atoms with Gasteiger partial charge in [-0.15, -0.1) is 0 Å². The van der Waals surface area contributed by atoms with Crippen LogP contribution in [0.15, 0.2) is 0 Å². The second-order valence-electron chi connectivity index (χ2n) is 5.08. The second-order valence-corrected chi connectivity index (χ2v) is 5.08. The molecule has 1 heteroatoms. The molecule has 2 rings (SSSR count). The fourth-order valence-corrected chi connectivity index (χ4v) is 3.36. The first-order chi connectivity index (χ1) is 5.74. The zero-order chi connectivity index (χ0) is 8.60. The highest BCUT2D eigenvalue weighted by molar-refractivity contribution is 4.96. The van der Waals surface area contributed by atoms with Gasteiger partial charge in [-0.05, 0) is 50.5 Å². The van der Waals surface area contributed by atoms with E-state index in [-0.39, 0.29) is 0 Å². The minimum atomic E-state index is 0.771. The van der Waals surface area contributed by atoms with Crippen LogP contribution < -0.4 is 5.32 Å². The van der Waals surface area contributed by atoms with Gasteiger partial charge in [0.1, 0.15) is 0 Å². The maximum atomic E-state index is 3.43. The zero-order valence-electron chi connectivity index (χ0n) is 8.40. The second kappa shape index (κ2) is 3.02. The van der Waals surface area contributed by atoms with Gasteiger partial charge in [0.2, 0.25) is 0 Å². The molecule has 1 nitrogen and oxygen atoms in total. The van der Waals surface area contributed by atoms with Gasteiger partial charge in [0.05, 0.1) is 0 Å². The molecule has 70 valence electrons. The van der Waals surface area contributed by atoms with Crippen LogP contribution in [0.5, 0.6) is 0 Å². The third-order valence-corrected chi connectivity index (χ3v) is 4.06. The molecule has 2 fully saturated rings. The van der Waals surface area contributed by atoms with Crippen molar-refractivity contribution < 1.29 is 0 Å². The molecule has 0 saturated heterocycles. The maximum Gasteiger partial charge on any atom is 0.00695 e. The van der Waals surface area contributed by atoms with Gasteiger partial charge >= 0.3 is 0 Å². The van der Waals surface area contributed by atoms with Crippen molar-refractivity contribution in [3.63, 3.8) is 0 Å². The molecule has 12 heavy (non-hydrogen) atoms. The summed E-state index contributed by atoms with van der Waals surface area (Å²) >= 11 is 0. The van der Waals surface area contributed by atoms with E-state index in [9.17, 15) is 0 Å². The van der Waals surface area contributed by atoms with E-state index in [1.165, 1.54) is 38.5 Å². The summed E-state index contributed by atoms with van der Waals surface area (Å²) in [5, 5.41) is 3.43. The Morgan fingerprint density at radius 3 is 2.42 bits per heavy atom. The molecule has 1 N–H and O–H groups in total. The van der Waals surface area contributed by atoms with E-state index in [2.05, 4.69) is 19.3 Å². The van der Waals surface area contributed by atoms with E-state index in [1.807, 2.05) is 0 Å². The normalized spacial score (nSPS) is 47.5. The Hall–Kier alpha value is -0.0400. The Balaban J connectivity index is 1.97. The van der Waals surface area contributed by atoms with Crippen LogP contribution in [0, 0.1) is 11.3 Å². The minimum absolute atomic E-state index is 0.771. The average molecular weight is 167 g/mol. The van der Waals surface area contributed by atoms with Gasteiger partial charge in [0.15, 0.2) is 0 Å². The van der Waals surface area contributed by atoms with Crippen LogP contribution in [0.1, 0.15) is 45.4 Å². The largest absolute Gasteiger partial charge is 0.317 e. The molecule has 2 saturated carbocycles. The van der Waals surface area contributed by atoms with Crippen molar-refractivity contribution in [3.8, 4) is 0 Å². The molecule has 0 aliphatic heterocycles. The molecular formula is C11H21N. The Morgan fingerprint density at radius 2 is 1.92 bits per heavy atom. The van der Waals surface area contributed by atoms with Crippen molar-refractivity contribution in [2.24, 2.45) is 11.3 Å². The molecule has 2 unspecified atom stereocenters. The maximum absolute atomic E-state index is 3.43. The summed E-state index contributed by atoms with van der Waals surface area (Å²) in [6, 6.07) is 0.829. The van der Waals surface area contributed by atoms with Crippen LogP contribution in [0.25, 0.3) is 0 Å². The summed E-state index contributed by atoms with van der Waals surface area (Å²) in [5.41, 5.74) is 0.771. The smallest absolute Gasteiger partial charge is 0.00695 e. The molecule has 0 amide bonds. The molecule has 2 aliphatic carbocycles. The first kappa shape index (κ1) is 8.55. The van der Waals surface area contributed by atoms with Gasteiger partial charge in [-0.25, -0.2) is 0 Å². The van der Waals surface area contributed by atoms with E-state index in [0.29, 0.717) is 0 Å². The van der Waals surface area contributed by atoms with Crippen LogP contribution in [0.4, 0.5) is 0 Å². The molecule has 0 bridgehead atoms. The van der Waals surface area contributed by atoms with Gasteiger partial charge in [-0.2, -0.15) is 0 Å². The molecule has 0 aromatic heterocycles. The van der Waals surface area contributed by atoms with Crippen LogP contribution in [0.2, 0.25) is 0 Å². The van der Waals surface area contributed by atoms with E-state index in [4.69, 9.17) is 0 Å². The first-order valence-corrected chi connectivity index (χ1v) is 5.41. The minimum Gasteiger partial charge on any atom is -0.317 e. The topological polar surface area (TPSA) is 12.0 Å². The SMILES string of the molecule is CNC1CCC2(CC[C@@H](C)C2)C1. The number of hydrogen-bond donors (Lipinski definition) is 1. The number of nitrogens with one attached hydrogen (secondary N) is 1. The van der Waals surface area contributed by atoms with E-state index >= 15 is 0 Å². The number of hydrogen-bond acceptors (Lipinski definition) is 1. The van der Waals surface area contributed by atoms with Crippen molar-refractivity contribution in [2.45, 2.75) is 51.5 Å². The van der Waals surface area contributed by atoms with Crippen molar-refractivity contribution in [1.29, 1.82) is 0 Å². The van der Waals surface area contributed by atoms with Crippen LogP contribution >= 0.6 is 0 Å². The predicted octanol–water partition coefficient (Wildman–Crippen LogP) is 2.56. The number of rotatable bonds is 1. The highest BCUT2D eigenvalue weighted by Gasteiger charge is 2.42. The van der Waals surface area contributed by atoms with Gasteiger partial charge in [0, 0.05) is 6.04 Å². The van der Waals surface area contributed by atoms with E-state index in [1.54, 1.807) is 0 Å². The Kier molecular flexibility index (Phi) is 2.16. The third-order valence-electron chi connectivity index (χ3n) is 4.06. The van der Waals surface area contributed by atoms with Crippen molar-refractivity contribution in [3.05, 3.63) is 0 Å². The van der Waals surface area contributed by atoms with E-state index < -0.39 is 0 Å². The Bertz CT molecular complexity index is 166. The fraction of sp³-hybridized carbons (Fsp3) is 1.00. The van der Waals surface area contributed by atoms with Crippen LogP contribution in [-0.4, -0.2) is 13.1 Å². The molecule has 3 atom stereocenters. The molecule has 2 aliphatic rings. The highest BCUT2D eigenvalue weighted by Crippen LogP contribution is 2.52. The van der Waals surface area contributed by atoms with Crippen LogP contribution in [0.3, 0.4) is 0 Å². The lowest BCUT2D eigenvalue weighted by molar-refractivity contribution is 0.289. The monoisotopic (exact) mass is 167 g/mol. The van der Waals surface area contributed by atoms with Crippen molar-refractivity contribution in [2.75, 3.05) is 7.05 Å². The Morgan fingerprint density at radius 1 is 1.17 bits per heavy atom. The van der Waals surface area contributed by atoms with Gasteiger partial charge in [0.25, 0.3) is 0 Å². The standard InChI is InChI=1S/C11H21N/c1-9-3-5-11(7-9)6-4-10(8-11)12-2/h9-10,12H,3-8H2,1-2H3/t9-,10?,11?/m1/s1. The summed E-state index contributed by atoms with van der Waals surface area (Å²) in [5.74, 6) is 1.00. The fourth-order valence-electron chi connectivity index (χ4n) is 3.36. The molecule has 0 aromatic carbocycles. The lowest BCUT2D eigenvalue weighted by Gasteiger charge is -2.23. The van der Waals surface area contributed by atoms with Crippen molar-refractivity contribution >= 4 is 0 Å². The molecule has 1 spiro atoms. The molecule has 0 heterocycles. The Labute approximate surface area is 75.9 Å². The summed E-state index contributed by atoms with van der Waals surface area (Å²) < 4.78 is 0. The van der Waals surface area contributed by atoms with Crippen molar-refractivity contribution in [1.82, 2.24) is 5.32 Å². The molecular weight excluding hydrogens is 146 g/mol. The molecule has 0 aromatic rings.